The summed E-state index contributed by atoms with van der Waals surface area (Å²) >= 11 is 0. The summed E-state index contributed by atoms with van der Waals surface area (Å²) < 4.78 is 0. The Bertz CT molecular complexity index is 522. The lowest BCUT2D eigenvalue weighted by Gasteiger charge is -2.11. The molecule has 5 nitrogen and oxygen atoms in total. The van der Waals surface area contributed by atoms with Crippen LogP contribution in [0.4, 0.5) is 0 Å². The van der Waals surface area contributed by atoms with E-state index in [9.17, 15) is 9.59 Å². The average Bonchev–Trinajstić information content (AvgIpc) is 3.14. The highest BCUT2D eigenvalue weighted by atomic mass is 16.2. The molecule has 2 rings (SSSR count). The molecule has 0 spiro atoms. The quantitative estimate of drug-likeness (QED) is 0.608. The molecule has 0 saturated heterocycles. The highest BCUT2D eigenvalue weighted by Gasteiger charge is 2.22. The lowest BCUT2D eigenvalue weighted by Crippen LogP contribution is -2.32. The van der Waals surface area contributed by atoms with Crippen LogP contribution in [0.2, 0.25) is 0 Å². The molecule has 1 aliphatic carbocycles. The summed E-state index contributed by atoms with van der Waals surface area (Å²) in [7, 11) is 0. The van der Waals surface area contributed by atoms with E-state index in [-0.39, 0.29) is 17.7 Å². The molecular formula is C19H29N3O2. The maximum atomic E-state index is 12.0. The summed E-state index contributed by atoms with van der Waals surface area (Å²) in [4.78, 5) is 24.0. The molecule has 0 unspecified atom stereocenters. The molecule has 2 amide bonds. The normalized spacial score (nSPS) is 14.5. The Morgan fingerprint density at radius 2 is 1.71 bits per heavy atom. The van der Waals surface area contributed by atoms with Crippen molar-refractivity contribution in [2.75, 3.05) is 19.6 Å². The summed E-state index contributed by atoms with van der Waals surface area (Å²) in [6, 6.07) is 7.43. The number of hydrogen-bond donors (Lipinski definition) is 3. The molecule has 0 bridgehead atoms. The van der Waals surface area contributed by atoms with Crippen LogP contribution in [0.25, 0.3) is 0 Å². The van der Waals surface area contributed by atoms with Crippen LogP contribution in [-0.4, -0.2) is 31.4 Å². The van der Waals surface area contributed by atoms with Crippen LogP contribution in [-0.2, 0) is 11.3 Å². The zero-order chi connectivity index (χ0) is 17.2. The Labute approximate surface area is 144 Å². The van der Waals surface area contributed by atoms with Crippen molar-refractivity contribution in [3.8, 4) is 0 Å². The molecule has 1 fully saturated rings. The van der Waals surface area contributed by atoms with Gasteiger partial charge in [0, 0.05) is 31.1 Å². The molecule has 1 saturated carbocycles. The van der Waals surface area contributed by atoms with E-state index < -0.39 is 0 Å². The van der Waals surface area contributed by atoms with Crippen molar-refractivity contribution in [1.82, 2.24) is 16.0 Å². The molecule has 1 aliphatic rings. The zero-order valence-corrected chi connectivity index (χ0v) is 14.6. The van der Waals surface area contributed by atoms with Crippen molar-refractivity contribution in [2.24, 2.45) is 5.92 Å². The van der Waals surface area contributed by atoms with Crippen molar-refractivity contribution in [3.63, 3.8) is 0 Å². The van der Waals surface area contributed by atoms with Crippen LogP contribution < -0.4 is 16.0 Å². The fourth-order valence-corrected chi connectivity index (χ4v) is 2.96. The number of amides is 2. The lowest BCUT2D eigenvalue weighted by molar-refractivity contribution is -0.124. The second-order valence-corrected chi connectivity index (χ2v) is 6.40. The summed E-state index contributed by atoms with van der Waals surface area (Å²) in [5, 5.41) is 9.14. The Morgan fingerprint density at radius 3 is 2.38 bits per heavy atom. The van der Waals surface area contributed by atoms with E-state index in [0.717, 1.165) is 50.8 Å². The summed E-state index contributed by atoms with van der Waals surface area (Å²) in [5.74, 6) is 0.292. The van der Waals surface area contributed by atoms with Gasteiger partial charge in [-0.25, -0.2) is 0 Å². The van der Waals surface area contributed by atoms with E-state index in [4.69, 9.17) is 0 Å². The highest BCUT2D eigenvalue weighted by molar-refractivity contribution is 5.94. The molecule has 24 heavy (non-hydrogen) atoms. The molecule has 0 aromatic heterocycles. The van der Waals surface area contributed by atoms with Gasteiger partial charge in [-0.15, -0.1) is 0 Å². The van der Waals surface area contributed by atoms with Crippen molar-refractivity contribution in [2.45, 2.75) is 45.6 Å². The molecule has 0 heterocycles. The number of nitrogens with one attached hydrogen (secondary N) is 3. The largest absolute Gasteiger partial charge is 0.352 e. The van der Waals surface area contributed by atoms with Gasteiger partial charge in [0.05, 0.1) is 0 Å². The first kappa shape index (κ1) is 18.5. The smallest absolute Gasteiger partial charge is 0.251 e. The minimum absolute atomic E-state index is 0.0603. The molecule has 0 radical (unpaired) electrons. The fraction of sp³-hybridized carbons (Fsp3) is 0.579. The molecule has 0 aliphatic heterocycles. The highest BCUT2D eigenvalue weighted by Crippen LogP contribution is 2.24. The van der Waals surface area contributed by atoms with Gasteiger partial charge < -0.3 is 16.0 Å². The van der Waals surface area contributed by atoms with E-state index in [1.54, 1.807) is 0 Å². The van der Waals surface area contributed by atoms with Crippen LogP contribution in [0, 0.1) is 5.92 Å². The Morgan fingerprint density at radius 1 is 1.00 bits per heavy atom. The molecule has 132 valence electrons. The van der Waals surface area contributed by atoms with E-state index in [1.165, 1.54) is 0 Å². The third-order valence-corrected chi connectivity index (χ3v) is 4.42. The van der Waals surface area contributed by atoms with Crippen LogP contribution in [0.5, 0.6) is 0 Å². The van der Waals surface area contributed by atoms with Gasteiger partial charge in [0.1, 0.15) is 0 Å². The van der Waals surface area contributed by atoms with E-state index >= 15 is 0 Å². The lowest BCUT2D eigenvalue weighted by atomic mass is 10.1. The molecule has 5 heteroatoms. The maximum Gasteiger partial charge on any atom is 0.251 e. The summed E-state index contributed by atoms with van der Waals surface area (Å²) in [5.41, 5.74) is 1.67. The second-order valence-electron chi connectivity index (χ2n) is 6.40. The van der Waals surface area contributed by atoms with Crippen molar-refractivity contribution >= 4 is 11.8 Å². The van der Waals surface area contributed by atoms with Gasteiger partial charge in [0.25, 0.3) is 5.91 Å². The van der Waals surface area contributed by atoms with E-state index in [1.807, 2.05) is 24.3 Å². The fourth-order valence-electron chi connectivity index (χ4n) is 2.96. The molecule has 3 N–H and O–H groups in total. The first-order valence-corrected chi connectivity index (χ1v) is 9.06. The van der Waals surface area contributed by atoms with Crippen LogP contribution in [0.1, 0.15) is 54.9 Å². The van der Waals surface area contributed by atoms with Gasteiger partial charge in [-0.3, -0.25) is 9.59 Å². The van der Waals surface area contributed by atoms with Crippen molar-refractivity contribution in [3.05, 3.63) is 35.4 Å². The second kappa shape index (κ2) is 10.1. The number of rotatable bonds is 9. The van der Waals surface area contributed by atoms with E-state index in [0.29, 0.717) is 18.7 Å². The van der Waals surface area contributed by atoms with Crippen molar-refractivity contribution < 1.29 is 9.59 Å². The third-order valence-electron chi connectivity index (χ3n) is 4.42. The first-order chi connectivity index (χ1) is 11.7. The third kappa shape index (κ3) is 5.96. The topological polar surface area (TPSA) is 70.2 Å². The van der Waals surface area contributed by atoms with Gasteiger partial charge in [0.2, 0.25) is 5.91 Å². The minimum atomic E-state index is -0.0603. The SMILES string of the molecule is CCCNCCNC(=O)c1ccc(CNC(=O)C2CCCC2)cc1. The van der Waals surface area contributed by atoms with Gasteiger partial charge in [-0.05, 0) is 43.5 Å². The Kier molecular flexibility index (Phi) is 7.75. The number of hydrogen-bond acceptors (Lipinski definition) is 3. The van der Waals surface area contributed by atoms with Gasteiger partial charge in [-0.2, -0.15) is 0 Å². The predicted octanol–water partition coefficient (Wildman–Crippen LogP) is 2.22. The number of carbonyl (C=O) groups is 2. The van der Waals surface area contributed by atoms with Gasteiger partial charge in [0.15, 0.2) is 0 Å². The van der Waals surface area contributed by atoms with Crippen LogP contribution in [0.3, 0.4) is 0 Å². The van der Waals surface area contributed by atoms with Gasteiger partial charge >= 0.3 is 0 Å². The van der Waals surface area contributed by atoms with E-state index in [2.05, 4.69) is 22.9 Å². The number of benzene rings is 1. The molecule has 1 aromatic rings. The predicted molar refractivity (Wildman–Crippen MR) is 95.7 cm³/mol. The summed E-state index contributed by atoms with van der Waals surface area (Å²) in [6.07, 6.45) is 5.44. The minimum Gasteiger partial charge on any atom is -0.352 e. The Hall–Kier alpha value is -1.88. The Balaban J connectivity index is 1.71. The standard InChI is InChI=1S/C19H29N3O2/c1-2-11-20-12-13-21-18(23)17-9-7-15(8-10-17)14-22-19(24)16-5-3-4-6-16/h7-10,16,20H,2-6,11-14H2,1H3,(H,21,23)(H,22,24). The van der Waals surface area contributed by atoms with Crippen LogP contribution in [0.15, 0.2) is 24.3 Å². The van der Waals surface area contributed by atoms with Crippen LogP contribution >= 0.6 is 0 Å². The first-order valence-electron chi connectivity index (χ1n) is 9.06. The molecule has 0 atom stereocenters. The number of carbonyl (C=O) groups excluding carboxylic acids is 2. The monoisotopic (exact) mass is 331 g/mol. The zero-order valence-electron chi connectivity index (χ0n) is 14.6. The molecular weight excluding hydrogens is 302 g/mol. The van der Waals surface area contributed by atoms with Gasteiger partial charge in [-0.1, -0.05) is 31.9 Å². The molecule has 1 aromatic carbocycles. The summed E-state index contributed by atoms with van der Waals surface area (Å²) in [6.45, 7) is 5.02. The maximum absolute atomic E-state index is 12.0. The average molecular weight is 331 g/mol. The van der Waals surface area contributed by atoms with Crippen molar-refractivity contribution in [1.29, 1.82) is 0 Å².